The largest absolute Gasteiger partial charge is 0.471 e. The first-order valence-electron chi connectivity index (χ1n) is 8.00. The van der Waals surface area contributed by atoms with Crippen LogP contribution in [0.15, 0.2) is 36.4 Å². The molecular formula is C17H12ClF3N2O4. The lowest BCUT2D eigenvalue weighted by Crippen LogP contribution is -2.51. The van der Waals surface area contributed by atoms with Crippen molar-refractivity contribution in [1.29, 1.82) is 0 Å². The standard InChI is InChI=1S/C17H12ClF3N2O4/c18-8-1-3-9(4-2-8)23-13(24)11-10-5-6-16(27-10,12(11)14(23)25)7-22-15(26)17(19,20)21/h1-6,10-12H,7H2,(H,22,26)/t10-,11+,12+,16+/m1/s1. The molecule has 0 aliphatic carbocycles. The number of hydrogen-bond donors (Lipinski definition) is 1. The molecule has 4 rings (SSSR count). The van der Waals surface area contributed by atoms with Gasteiger partial charge in [0.2, 0.25) is 11.8 Å². The zero-order valence-corrected chi connectivity index (χ0v) is 14.3. The minimum atomic E-state index is -5.05. The van der Waals surface area contributed by atoms with Gasteiger partial charge in [0.15, 0.2) is 0 Å². The van der Waals surface area contributed by atoms with Gasteiger partial charge in [-0.15, -0.1) is 0 Å². The van der Waals surface area contributed by atoms with Crippen molar-refractivity contribution in [2.24, 2.45) is 11.8 Å². The summed E-state index contributed by atoms with van der Waals surface area (Å²) in [5.74, 6) is -5.07. The zero-order valence-electron chi connectivity index (χ0n) is 13.5. The summed E-state index contributed by atoms with van der Waals surface area (Å²) in [5, 5.41) is 2.18. The van der Waals surface area contributed by atoms with Gasteiger partial charge in [0, 0.05) is 5.02 Å². The van der Waals surface area contributed by atoms with E-state index in [0.29, 0.717) is 10.7 Å². The predicted molar refractivity (Wildman–Crippen MR) is 86.7 cm³/mol. The first kappa shape index (κ1) is 18.0. The number of nitrogens with one attached hydrogen (secondary N) is 1. The van der Waals surface area contributed by atoms with Crippen LogP contribution in [0.2, 0.25) is 5.02 Å². The van der Waals surface area contributed by atoms with Crippen molar-refractivity contribution in [1.82, 2.24) is 5.32 Å². The Bertz CT molecular complexity index is 870. The summed E-state index contributed by atoms with van der Waals surface area (Å²) in [6.45, 7) is -0.563. The summed E-state index contributed by atoms with van der Waals surface area (Å²) in [5.41, 5.74) is -1.16. The van der Waals surface area contributed by atoms with Crippen LogP contribution in [0.5, 0.6) is 0 Å². The molecule has 10 heteroatoms. The van der Waals surface area contributed by atoms with E-state index in [1.165, 1.54) is 36.4 Å². The van der Waals surface area contributed by atoms with Gasteiger partial charge in [-0.2, -0.15) is 13.2 Å². The van der Waals surface area contributed by atoms with Crippen LogP contribution in [0, 0.1) is 11.8 Å². The molecule has 142 valence electrons. The van der Waals surface area contributed by atoms with Gasteiger partial charge in [-0.25, -0.2) is 4.90 Å². The number of imide groups is 1. The number of hydrogen-bond acceptors (Lipinski definition) is 4. The van der Waals surface area contributed by atoms with Crippen molar-refractivity contribution in [2.45, 2.75) is 17.9 Å². The van der Waals surface area contributed by atoms with Crippen LogP contribution in [0.1, 0.15) is 0 Å². The molecule has 0 unspecified atom stereocenters. The number of carbonyl (C=O) groups is 3. The van der Waals surface area contributed by atoms with E-state index in [1.54, 1.807) is 5.32 Å². The van der Waals surface area contributed by atoms with Gasteiger partial charge in [0.05, 0.1) is 30.2 Å². The van der Waals surface area contributed by atoms with Gasteiger partial charge in [-0.3, -0.25) is 14.4 Å². The van der Waals surface area contributed by atoms with E-state index in [0.717, 1.165) is 4.90 Å². The highest BCUT2D eigenvalue weighted by molar-refractivity contribution is 6.31. The molecule has 0 radical (unpaired) electrons. The lowest BCUT2D eigenvalue weighted by Gasteiger charge is -2.29. The molecule has 1 aromatic rings. The zero-order chi connectivity index (χ0) is 19.6. The number of ether oxygens (including phenoxy) is 1. The molecule has 1 N–H and O–H groups in total. The first-order chi connectivity index (χ1) is 12.6. The van der Waals surface area contributed by atoms with E-state index in [9.17, 15) is 27.6 Å². The fourth-order valence-corrected chi connectivity index (χ4v) is 4.00. The summed E-state index contributed by atoms with van der Waals surface area (Å²) < 4.78 is 43.1. The van der Waals surface area contributed by atoms with Gasteiger partial charge in [0.25, 0.3) is 0 Å². The molecule has 3 amide bonds. The number of rotatable bonds is 3. The second-order valence-electron chi connectivity index (χ2n) is 6.57. The maximum absolute atomic E-state index is 12.9. The normalized spacial score (nSPS) is 31.6. The molecule has 6 nitrogen and oxygen atoms in total. The van der Waals surface area contributed by atoms with Crippen LogP contribution in [0.4, 0.5) is 18.9 Å². The Kier molecular flexibility index (Phi) is 3.87. The van der Waals surface area contributed by atoms with Crippen molar-refractivity contribution in [3.8, 4) is 0 Å². The quantitative estimate of drug-likeness (QED) is 0.620. The maximum Gasteiger partial charge on any atom is 0.471 e. The molecule has 0 aromatic heterocycles. The van der Waals surface area contributed by atoms with Crippen molar-refractivity contribution in [3.63, 3.8) is 0 Å². The van der Waals surface area contributed by atoms with E-state index < -0.39 is 54.0 Å². The van der Waals surface area contributed by atoms with Gasteiger partial charge in [-0.1, -0.05) is 23.8 Å². The Balaban J connectivity index is 1.62. The van der Waals surface area contributed by atoms with E-state index >= 15 is 0 Å². The molecule has 3 heterocycles. The molecule has 1 aromatic carbocycles. The molecule has 27 heavy (non-hydrogen) atoms. The molecular weight excluding hydrogens is 389 g/mol. The molecule has 2 fully saturated rings. The Hall–Kier alpha value is -2.39. The molecule has 2 bridgehead atoms. The summed E-state index contributed by atoms with van der Waals surface area (Å²) >= 11 is 5.82. The number of amides is 3. The molecule has 3 aliphatic heterocycles. The van der Waals surface area contributed by atoms with Crippen LogP contribution in [0.3, 0.4) is 0 Å². The number of halogens is 4. The summed E-state index contributed by atoms with van der Waals surface area (Å²) in [7, 11) is 0. The highest BCUT2D eigenvalue weighted by atomic mass is 35.5. The van der Waals surface area contributed by atoms with E-state index in [-0.39, 0.29) is 0 Å². The smallest absolute Gasteiger partial charge is 0.360 e. The summed E-state index contributed by atoms with van der Waals surface area (Å²) in [6.07, 6.45) is -2.79. The second-order valence-corrected chi connectivity index (χ2v) is 7.01. The van der Waals surface area contributed by atoms with Crippen LogP contribution in [0.25, 0.3) is 0 Å². The average molecular weight is 401 g/mol. The fourth-order valence-electron chi connectivity index (χ4n) is 3.87. The molecule has 0 saturated carbocycles. The Morgan fingerprint density at radius 1 is 1.22 bits per heavy atom. The minimum absolute atomic E-state index is 0.317. The van der Waals surface area contributed by atoms with Gasteiger partial charge >= 0.3 is 12.1 Å². The van der Waals surface area contributed by atoms with Crippen LogP contribution >= 0.6 is 11.6 Å². The minimum Gasteiger partial charge on any atom is -0.360 e. The monoisotopic (exact) mass is 400 g/mol. The lowest BCUT2D eigenvalue weighted by atomic mass is 9.77. The fraction of sp³-hybridized carbons (Fsp3) is 0.353. The number of alkyl halides is 3. The van der Waals surface area contributed by atoms with Crippen molar-refractivity contribution in [3.05, 3.63) is 41.4 Å². The van der Waals surface area contributed by atoms with Gasteiger partial charge in [0.1, 0.15) is 5.60 Å². The SMILES string of the molecule is O=C1[C@@H]2[C@@H](C(=O)N1c1ccc(Cl)cc1)[C@@]1(CNC(=O)C(F)(F)F)C=C[C@H]2O1. The maximum atomic E-state index is 12.9. The number of fused-ring (bicyclic) bond motifs is 5. The molecule has 3 aliphatic rings. The predicted octanol–water partition coefficient (Wildman–Crippen LogP) is 1.83. The van der Waals surface area contributed by atoms with E-state index in [4.69, 9.17) is 16.3 Å². The Labute approximate surface area is 155 Å². The summed E-state index contributed by atoms with van der Waals surface area (Å²) in [6, 6.07) is 6.06. The number of nitrogens with zero attached hydrogens (tertiary/aromatic N) is 1. The Morgan fingerprint density at radius 2 is 1.89 bits per heavy atom. The van der Waals surface area contributed by atoms with Gasteiger partial charge < -0.3 is 10.1 Å². The number of anilines is 1. The van der Waals surface area contributed by atoms with E-state index in [1.807, 2.05) is 0 Å². The highest BCUT2D eigenvalue weighted by Gasteiger charge is 2.68. The molecule has 2 saturated heterocycles. The van der Waals surface area contributed by atoms with Crippen molar-refractivity contribution < 1.29 is 32.3 Å². The lowest BCUT2D eigenvalue weighted by molar-refractivity contribution is -0.174. The number of benzene rings is 1. The molecule has 0 spiro atoms. The Morgan fingerprint density at radius 3 is 2.52 bits per heavy atom. The van der Waals surface area contributed by atoms with Crippen LogP contribution < -0.4 is 10.2 Å². The van der Waals surface area contributed by atoms with Gasteiger partial charge in [-0.05, 0) is 24.3 Å². The van der Waals surface area contributed by atoms with Crippen molar-refractivity contribution >= 4 is 35.0 Å². The topological polar surface area (TPSA) is 75.7 Å². The van der Waals surface area contributed by atoms with Crippen LogP contribution in [-0.2, 0) is 19.1 Å². The third-order valence-corrected chi connectivity index (χ3v) is 5.27. The number of carbonyl (C=O) groups excluding carboxylic acids is 3. The highest BCUT2D eigenvalue weighted by Crippen LogP contribution is 2.52. The third-order valence-electron chi connectivity index (χ3n) is 5.02. The third kappa shape index (κ3) is 2.64. The van der Waals surface area contributed by atoms with E-state index in [2.05, 4.69) is 0 Å². The summed E-state index contributed by atoms with van der Waals surface area (Å²) in [4.78, 5) is 37.9. The first-order valence-corrected chi connectivity index (χ1v) is 8.37. The second kappa shape index (κ2) is 5.80. The average Bonchev–Trinajstić information content (AvgIpc) is 3.24. The van der Waals surface area contributed by atoms with Crippen LogP contribution in [-0.4, -0.2) is 42.1 Å². The molecule has 4 atom stereocenters. The van der Waals surface area contributed by atoms with Crippen molar-refractivity contribution in [2.75, 3.05) is 11.4 Å².